The molecule has 3 fully saturated rings. The number of rotatable bonds is 5. The Morgan fingerprint density at radius 3 is 2.62 bits per heavy atom. The molecule has 0 spiro atoms. The first-order valence-corrected chi connectivity index (χ1v) is 9.67. The van der Waals surface area contributed by atoms with Crippen LogP contribution in [-0.2, 0) is 18.5 Å². The smallest absolute Gasteiger partial charge is 0.232 e. The highest BCUT2D eigenvalue weighted by molar-refractivity contribution is 5.09. The number of pyridine rings is 1. The summed E-state index contributed by atoms with van der Waals surface area (Å²) in [6, 6.07) is 4.71. The molecule has 0 radical (unpaired) electrons. The SMILES string of the molecule is CC(C)(C)c1nc(CN(Cc2cccnc2)[C@@H]2CN3CCC2CC3)no1. The molecule has 6 nitrogen and oxygen atoms in total. The van der Waals surface area contributed by atoms with Crippen LogP contribution in [0.2, 0.25) is 0 Å². The van der Waals surface area contributed by atoms with Gasteiger partial charge in [-0.2, -0.15) is 4.98 Å². The highest BCUT2D eigenvalue weighted by atomic mass is 16.5. The molecule has 3 saturated heterocycles. The molecule has 2 aromatic rings. The van der Waals surface area contributed by atoms with E-state index in [-0.39, 0.29) is 5.41 Å². The van der Waals surface area contributed by atoms with E-state index in [9.17, 15) is 0 Å². The van der Waals surface area contributed by atoms with Gasteiger partial charge < -0.3 is 9.42 Å². The van der Waals surface area contributed by atoms with E-state index in [2.05, 4.69) is 51.8 Å². The van der Waals surface area contributed by atoms with Gasteiger partial charge in [0.05, 0.1) is 6.54 Å². The van der Waals surface area contributed by atoms with Crippen LogP contribution in [0.3, 0.4) is 0 Å². The van der Waals surface area contributed by atoms with Crippen molar-refractivity contribution in [2.45, 2.75) is 58.2 Å². The van der Waals surface area contributed by atoms with Crippen molar-refractivity contribution in [1.82, 2.24) is 24.9 Å². The van der Waals surface area contributed by atoms with E-state index in [1.807, 2.05) is 18.5 Å². The Hall–Kier alpha value is -1.79. The van der Waals surface area contributed by atoms with Crippen LogP contribution in [-0.4, -0.2) is 50.6 Å². The van der Waals surface area contributed by atoms with Gasteiger partial charge in [0.1, 0.15) is 0 Å². The van der Waals surface area contributed by atoms with E-state index in [0.29, 0.717) is 11.9 Å². The van der Waals surface area contributed by atoms with Crippen LogP contribution in [0.25, 0.3) is 0 Å². The zero-order valence-electron chi connectivity index (χ0n) is 16.1. The molecule has 0 N–H and O–H groups in total. The molecule has 0 amide bonds. The predicted octanol–water partition coefficient (Wildman–Crippen LogP) is 2.86. The van der Waals surface area contributed by atoms with Crippen LogP contribution in [0.15, 0.2) is 29.0 Å². The number of nitrogens with zero attached hydrogens (tertiary/aromatic N) is 5. The molecule has 0 aliphatic carbocycles. The quantitative estimate of drug-likeness (QED) is 0.822. The van der Waals surface area contributed by atoms with Crippen molar-refractivity contribution in [3.8, 4) is 0 Å². The number of hydrogen-bond acceptors (Lipinski definition) is 6. The lowest BCUT2D eigenvalue weighted by atomic mass is 9.83. The van der Waals surface area contributed by atoms with Gasteiger partial charge in [0.2, 0.25) is 5.89 Å². The van der Waals surface area contributed by atoms with Crippen molar-refractivity contribution in [1.29, 1.82) is 0 Å². The molecule has 140 valence electrons. The third-order valence-corrected chi connectivity index (χ3v) is 5.65. The van der Waals surface area contributed by atoms with Crippen LogP contribution < -0.4 is 0 Å². The van der Waals surface area contributed by atoms with Crippen LogP contribution in [0, 0.1) is 5.92 Å². The van der Waals surface area contributed by atoms with E-state index < -0.39 is 0 Å². The fourth-order valence-electron chi connectivity index (χ4n) is 4.17. The summed E-state index contributed by atoms with van der Waals surface area (Å²) < 4.78 is 5.52. The van der Waals surface area contributed by atoms with E-state index >= 15 is 0 Å². The van der Waals surface area contributed by atoms with E-state index in [4.69, 9.17) is 4.52 Å². The molecule has 6 heteroatoms. The van der Waals surface area contributed by atoms with Crippen molar-refractivity contribution < 1.29 is 4.52 Å². The monoisotopic (exact) mass is 355 g/mol. The Morgan fingerprint density at radius 1 is 1.23 bits per heavy atom. The second kappa shape index (κ2) is 7.08. The Morgan fingerprint density at radius 2 is 2.04 bits per heavy atom. The van der Waals surface area contributed by atoms with Crippen molar-refractivity contribution in [2.24, 2.45) is 5.92 Å². The third-order valence-electron chi connectivity index (χ3n) is 5.65. The van der Waals surface area contributed by atoms with Gasteiger partial charge in [-0.25, -0.2) is 0 Å². The second-order valence-corrected chi connectivity index (χ2v) is 8.74. The van der Waals surface area contributed by atoms with E-state index in [1.54, 1.807) is 0 Å². The molecule has 2 bridgehead atoms. The molecule has 0 aromatic carbocycles. The van der Waals surface area contributed by atoms with E-state index in [0.717, 1.165) is 31.4 Å². The minimum atomic E-state index is -0.116. The molecule has 26 heavy (non-hydrogen) atoms. The zero-order chi connectivity index (χ0) is 18.1. The summed E-state index contributed by atoms with van der Waals surface area (Å²) in [5, 5.41) is 4.26. The van der Waals surface area contributed by atoms with Gasteiger partial charge in [-0.05, 0) is 43.5 Å². The van der Waals surface area contributed by atoms with Gasteiger partial charge >= 0.3 is 0 Å². The maximum Gasteiger partial charge on any atom is 0.232 e. The lowest BCUT2D eigenvalue weighted by Crippen LogP contribution is -2.56. The molecular weight excluding hydrogens is 326 g/mol. The molecule has 3 aliphatic rings. The number of aromatic nitrogens is 3. The molecular formula is C20H29N5O. The maximum absolute atomic E-state index is 5.52. The normalized spacial score (nSPS) is 25.8. The predicted molar refractivity (Wildman–Crippen MR) is 99.4 cm³/mol. The summed E-state index contributed by atoms with van der Waals surface area (Å²) in [4.78, 5) is 14.1. The molecule has 2 aromatic heterocycles. The molecule has 0 unspecified atom stereocenters. The number of hydrogen-bond donors (Lipinski definition) is 0. The lowest BCUT2D eigenvalue weighted by Gasteiger charge is -2.49. The molecule has 1 atom stereocenters. The van der Waals surface area contributed by atoms with Gasteiger partial charge in [0.15, 0.2) is 5.82 Å². The van der Waals surface area contributed by atoms with Gasteiger partial charge in [-0.1, -0.05) is 32.0 Å². The van der Waals surface area contributed by atoms with Crippen LogP contribution in [0.1, 0.15) is 50.9 Å². The van der Waals surface area contributed by atoms with Gasteiger partial charge in [-0.3, -0.25) is 9.88 Å². The Balaban J connectivity index is 1.55. The van der Waals surface area contributed by atoms with E-state index in [1.165, 1.54) is 31.5 Å². The summed E-state index contributed by atoms with van der Waals surface area (Å²) in [5.74, 6) is 2.27. The minimum absolute atomic E-state index is 0.116. The molecule has 5 heterocycles. The topological polar surface area (TPSA) is 58.3 Å². The van der Waals surface area contributed by atoms with Gasteiger partial charge in [0.25, 0.3) is 0 Å². The van der Waals surface area contributed by atoms with Crippen LogP contribution >= 0.6 is 0 Å². The fourth-order valence-corrected chi connectivity index (χ4v) is 4.17. The average molecular weight is 355 g/mol. The standard InChI is InChI=1S/C20H29N5O/c1-20(2,3)19-22-18(23-26-19)14-25(12-15-5-4-8-21-11-15)17-13-24-9-6-16(17)7-10-24/h4-5,8,11,16-17H,6-7,9-10,12-14H2,1-3H3/t17-/m1/s1. The van der Waals surface area contributed by atoms with Gasteiger partial charge in [-0.15, -0.1) is 0 Å². The van der Waals surface area contributed by atoms with Crippen molar-refractivity contribution >= 4 is 0 Å². The first-order valence-electron chi connectivity index (χ1n) is 9.67. The highest BCUT2D eigenvalue weighted by Crippen LogP contribution is 2.32. The number of fused-ring (bicyclic) bond motifs is 3. The van der Waals surface area contributed by atoms with Crippen LogP contribution in [0.5, 0.6) is 0 Å². The highest BCUT2D eigenvalue weighted by Gasteiger charge is 2.38. The Bertz CT molecular complexity index is 715. The first-order chi connectivity index (χ1) is 12.5. The number of piperidine rings is 3. The third kappa shape index (κ3) is 3.81. The Kier molecular flexibility index (Phi) is 4.80. The van der Waals surface area contributed by atoms with Crippen molar-refractivity contribution in [2.75, 3.05) is 19.6 Å². The molecule has 3 aliphatic heterocycles. The summed E-state index contributed by atoms with van der Waals surface area (Å²) in [7, 11) is 0. The largest absolute Gasteiger partial charge is 0.339 e. The van der Waals surface area contributed by atoms with Crippen LogP contribution in [0.4, 0.5) is 0 Å². The first kappa shape index (κ1) is 17.6. The lowest BCUT2D eigenvalue weighted by molar-refractivity contribution is -0.00395. The summed E-state index contributed by atoms with van der Waals surface area (Å²) in [6.45, 7) is 11.6. The van der Waals surface area contributed by atoms with Crippen molar-refractivity contribution in [3.63, 3.8) is 0 Å². The minimum Gasteiger partial charge on any atom is -0.339 e. The second-order valence-electron chi connectivity index (χ2n) is 8.74. The summed E-state index contributed by atoms with van der Waals surface area (Å²) in [6.07, 6.45) is 6.39. The summed E-state index contributed by atoms with van der Waals surface area (Å²) in [5.41, 5.74) is 1.12. The average Bonchev–Trinajstić information content (AvgIpc) is 3.12. The fraction of sp³-hybridized carbons (Fsp3) is 0.650. The molecule has 0 saturated carbocycles. The van der Waals surface area contributed by atoms with Gasteiger partial charge in [0, 0.05) is 36.9 Å². The molecule has 5 rings (SSSR count). The summed E-state index contributed by atoms with van der Waals surface area (Å²) >= 11 is 0. The maximum atomic E-state index is 5.52. The zero-order valence-corrected chi connectivity index (χ0v) is 16.1. The Labute approximate surface area is 155 Å². The van der Waals surface area contributed by atoms with Crippen molar-refractivity contribution in [3.05, 3.63) is 41.8 Å².